The van der Waals surface area contributed by atoms with Crippen LogP contribution in [0.25, 0.3) is 0 Å². The van der Waals surface area contributed by atoms with E-state index >= 15 is 0 Å². The van der Waals surface area contributed by atoms with E-state index in [0.717, 1.165) is 11.3 Å². The van der Waals surface area contributed by atoms with Crippen molar-refractivity contribution in [2.24, 2.45) is 5.73 Å². The van der Waals surface area contributed by atoms with Gasteiger partial charge in [0, 0.05) is 30.3 Å². The van der Waals surface area contributed by atoms with Gasteiger partial charge in [0.05, 0.1) is 6.04 Å². The van der Waals surface area contributed by atoms with Gasteiger partial charge in [-0.3, -0.25) is 4.90 Å². The van der Waals surface area contributed by atoms with E-state index < -0.39 is 15.2 Å². The minimum atomic E-state index is -3.19. The van der Waals surface area contributed by atoms with E-state index in [0.29, 0.717) is 12.3 Å². The Morgan fingerprint density at radius 2 is 2.00 bits per heavy atom. The van der Waals surface area contributed by atoms with Gasteiger partial charge < -0.3 is 5.73 Å². The molecule has 0 spiro atoms. The summed E-state index contributed by atoms with van der Waals surface area (Å²) in [5.41, 5.74) is 6.96. The standard InChI is InChI=1S/C14H21FN2O2S2/c1-10(16)14(11-3-5-12(15)6-4-11)17-7-8-20-9-13(17)21(2,18)19/h3-6,10,13-14H,7-9,16H2,1-2H3. The van der Waals surface area contributed by atoms with E-state index in [-0.39, 0.29) is 17.9 Å². The lowest BCUT2D eigenvalue weighted by Gasteiger charge is -2.41. The number of benzene rings is 1. The van der Waals surface area contributed by atoms with Crippen LogP contribution in [0.5, 0.6) is 0 Å². The summed E-state index contributed by atoms with van der Waals surface area (Å²) in [6.07, 6.45) is 1.26. The third-order valence-electron chi connectivity index (χ3n) is 3.69. The Balaban J connectivity index is 2.38. The van der Waals surface area contributed by atoms with Gasteiger partial charge in [0.1, 0.15) is 11.2 Å². The van der Waals surface area contributed by atoms with Crippen molar-refractivity contribution < 1.29 is 12.8 Å². The summed E-state index contributed by atoms with van der Waals surface area (Å²) in [5.74, 6) is 1.11. The first-order valence-corrected chi connectivity index (χ1v) is 9.95. The molecular formula is C14H21FN2O2S2. The zero-order chi connectivity index (χ0) is 15.6. The summed E-state index contributed by atoms with van der Waals surface area (Å²) in [4.78, 5) is 1.95. The number of nitrogens with zero attached hydrogens (tertiary/aromatic N) is 1. The van der Waals surface area contributed by atoms with Crippen LogP contribution in [0.1, 0.15) is 18.5 Å². The fourth-order valence-electron chi connectivity index (χ4n) is 2.74. The molecule has 0 saturated carbocycles. The van der Waals surface area contributed by atoms with E-state index in [2.05, 4.69) is 0 Å². The lowest BCUT2D eigenvalue weighted by Crippen LogP contribution is -2.52. The summed E-state index contributed by atoms with van der Waals surface area (Å²) in [7, 11) is -3.19. The lowest BCUT2D eigenvalue weighted by atomic mass is 9.99. The molecule has 0 bridgehead atoms. The molecule has 3 unspecified atom stereocenters. The Bertz CT molecular complexity index is 575. The Morgan fingerprint density at radius 3 is 2.52 bits per heavy atom. The van der Waals surface area contributed by atoms with Gasteiger partial charge in [0.15, 0.2) is 9.84 Å². The second kappa shape index (κ2) is 6.64. The van der Waals surface area contributed by atoms with Crippen LogP contribution < -0.4 is 5.73 Å². The monoisotopic (exact) mass is 332 g/mol. The van der Waals surface area contributed by atoms with Crippen molar-refractivity contribution in [3.05, 3.63) is 35.6 Å². The molecule has 1 aromatic rings. The van der Waals surface area contributed by atoms with Crippen LogP contribution in [-0.4, -0.2) is 49.0 Å². The predicted octanol–water partition coefficient (Wildman–Crippen LogP) is 1.63. The van der Waals surface area contributed by atoms with Crippen molar-refractivity contribution in [1.29, 1.82) is 0 Å². The van der Waals surface area contributed by atoms with Gasteiger partial charge in [0.25, 0.3) is 0 Å². The summed E-state index contributed by atoms with van der Waals surface area (Å²) in [6, 6.07) is 5.67. The predicted molar refractivity (Wildman–Crippen MR) is 85.5 cm³/mol. The van der Waals surface area contributed by atoms with E-state index in [9.17, 15) is 12.8 Å². The Morgan fingerprint density at radius 1 is 1.38 bits per heavy atom. The maximum atomic E-state index is 13.1. The van der Waals surface area contributed by atoms with Gasteiger partial charge in [-0.05, 0) is 24.6 Å². The van der Waals surface area contributed by atoms with Crippen molar-refractivity contribution in [3.8, 4) is 0 Å². The summed E-state index contributed by atoms with van der Waals surface area (Å²) < 4.78 is 37.2. The average molecular weight is 332 g/mol. The zero-order valence-electron chi connectivity index (χ0n) is 12.2. The number of hydrogen-bond donors (Lipinski definition) is 1. The van der Waals surface area contributed by atoms with Crippen molar-refractivity contribution in [2.45, 2.75) is 24.4 Å². The molecule has 2 N–H and O–H groups in total. The van der Waals surface area contributed by atoms with E-state index in [1.165, 1.54) is 18.4 Å². The van der Waals surface area contributed by atoms with Gasteiger partial charge in [0.2, 0.25) is 0 Å². The van der Waals surface area contributed by atoms with Crippen LogP contribution in [0.4, 0.5) is 4.39 Å². The third-order valence-corrected chi connectivity index (χ3v) is 6.34. The highest BCUT2D eigenvalue weighted by Crippen LogP contribution is 2.31. The van der Waals surface area contributed by atoms with Gasteiger partial charge in [-0.1, -0.05) is 12.1 Å². The maximum absolute atomic E-state index is 13.1. The molecule has 1 heterocycles. The molecule has 118 valence electrons. The number of hydrogen-bond acceptors (Lipinski definition) is 5. The first-order chi connectivity index (χ1) is 9.80. The molecule has 7 heteroatoms. The number of rotatable bonds is 4. The molecule has 1 aliphatic rings. The highest BCUT2D eigenvalue weighted by molar-refractivity contribution is 8.00. The third kappa shape index (κ3) is 3.97. The van der Waals surface area contributed by atoms with Crippen LogP contribution in [0.2, 0.25) is 0 Å². The van der Waals surface area contributed by atoms with E-state index in [4.69, 9.17) is 5.73 Å². The van der Waals surface area contributed by atoms with Gasteiger partial charge >= 0.3 is 0 Å². The van der Waals surface area contributed by atoms with Crippen LogP contribution in [0.15, 0.2) is 24.3 Å². The number of thioether (sulfide) groups is 1. The van der Waals surface area contributed by atoms with E-state index in [1.807, 2.05) is 11.8 Å². The minimum Gasteiger partial charge on any atom is -0.326 e. The summed E-state index contributed by atoms with van der Waals surface area (Å²) in [5, 5.41) is -0.544. The van der Waals surface area contributed by atoms with Crippen LogP contribution in [0.3, 0.4) is 0 Å². The van der Waals surface area contributed by atoms with Gasteiger partial charge in [-0.15, -0.1) is 0 Å². The van der Waals surface area contributed by atoms with Crippen LogP contribution >= 0.6 is 11.8 Å². The van der Waals surface area contributed by atoms with Crippen molar-refractivity contribution in [1.82, 2.24) is 4.90 Å². The fraction of sp³-hybridized carbons (Fsp3) is 0.571. The van der Waals surface area contributed by atoms with E-state index in [1.54, 1.807) is 23.9 Å². The minimum absolute atomic E-state index is 0.230. The normalized spacial score (nSPS) is 23.7. The quantitative estimate of drug-likeness (QED) is 0.908. The molecule has 0 amide bonds. The molecule has 1 aliphatic heterocycles. The smallest absolute Gasteiger partial charge is 0.164 e. The molecule has 21 heavy (non-hydrogen) atoms. The second-order valence-corrected chi connectivity index (χ2v) is 8.81. The maximum Gasteiger partial charge on any atom is 0.164 e. The SMILES string of the molecule is CC(N)C(c1ccc(F)cc1)N1CCSCC1S(C)(=O)=O. The first-order valence-electron chi connectivity index (χ1n) is 6.84. The van der Waals surface area contributed by atoms with Gasteiger partial charge in [-0.25, -0.2) is 12.8 Å². The second-order valence-electron chi connectivity index (χ2n) is 5.45. The highest BCUT2D eigenvalue weighted by atomic mass is 32.2. The Kier molecular flexibility index (Phi) is 5.29. The summed E-state index contributed by atoms with van der Waals surface area (Å²) >= 11 is 1.64. The Hall–Kier alpha value is -0.630. The van der Waals surface area contributed by atoms with Crippen molar-refractivity contribution in [3.63, 3.8) is 0 Å². The molecule has 3 atom stereocenters. The van der Waals surface area contributed by atoms with Crippen LogP contribution in [0, 0.1) is 5.82 Å². The number of halogens is 1. The molecule has 0 aromatic heterocycles. The average Bonchev–Trinajstić information content (AvgIpc) is 2.40. The zero-order valence-corrected chi connectivity index (χ0v) is 13.8. The highest BCUT2D eigenvalue weighted by Gasteiger charge is 2.37. The lowest BCUT2D eigenvalue weighted by molar-refractivity contribution is 0.172. The number of sulfone groups is 1. The summed E-state index contributed by atoms with van der Waals surface area (Å²) in [6.45, 7) is 2.51. The molecule has 4 nitrogen and oxygen atoms in total. The topological polar surface area (TPSA) is 63.4 Å². The number of nitrogens with two attached hydrogens (primary N) is 1. The molecular weight excluding hydrogens is 311 g/mol. The van der Waals surface area contributed by atoms with Crippen molar-refractivity contribution in [2.75, 3.05) is 24.3 Å². The van der Waals surface area contributed by atoms with Gasteiger partial charge in [-0.2, -0.15) is 11.8 Å². The molecule has 2 rings (SSSR count). The molecule has 0 radical (unpaired) electrons. The largest absolute Gasteiger partial charge is 0.326 e. The Labute approximate surface area is 129 Å². The molecule has 1 saturated heterocycles. The first kappa shape index (κ1) is 16.7. The van der Waals surface area contributed by atoms with Crippen molar-refractivity contribution >= 4 is 21.6 Å². The molecule has 1 aromatic carbocycles. The molecule has 1 fully saturated rings. The molecule has 0 aliphatic carbocycles. The fourth-order valence-corrected chi connectivity index (χ4v) is 5.64. The van der Waals surface area contributed by atoms with Crippen LogP contribution in [-0.2, 0) is 9.84 Å².